The van der Waals surface area contributed by atoms with Crippen LogP contribution in [-0.4, -0.2) is 9.97 Å². The van der Waals surface area contributed by atoms with Gasteiger partial charge in [0.25, 0.3) is 0 Å². The number of pyridine rings is 2. The van der Waals surface area contributed by atoms with E-state index < -0.39 is 5.41 Å². The lowest BCUT2D eigenvalue weighted by molar-refractivity contribution is 0.632. The summed E-state index contributed by atoms with van der Waals surface area (Å²) in [7, 11) is 0. The predicted octanol–water partition coefficient (Wildman–Crippen LogP) is 10.6. The van der Waals surface area contributed by atoms with Gasteiger partial charge in [-0.15, -0.1) is 0 Å². The van der Waals surface area contributed by atoms with E-state index in [1.54, 1.807) is 0 Å². The molecular formula is C44H35N3. The highest BCUT2D eigenvalue weighted by molar-refractivity contribution is 5.88. The molecule has 0 saturated heterocycles. The van der Waals surface area contributed by atoms with Crippen molar-refractivity contribution in [2.75, 3.05) is 4.90 Å². The van der Waals surface area contributed by atoms with Crippen LogP contribution in [0, 0.1) is 0 Å². The third kappa shape index (κ3) is 4.66. The average Bonchev–Trinajstić information content (AvgIpc) is 3.14. The molecule has 3 heteroatoms. The second-order valence-corrected chi connectivity index (χ2v) is 12.7. The molecule has 0 atom stereocenters. The number of benzene rings is 5. The summed E-state index contributed by atoms with van der Waals surface area (Å²) in [4.78, 5) is 12.2. The molecule has 0 amide bonds. The van der Waals surface area contributed by atoms with Crippen LogP contribution in [0.25, 0.3) is 11.3 Å². The van der Waals surface area contributed by atoms with E-state index in [0.717, 1.165) is 33.9 Å². The molecule has 0 spiro atoms. The molecule has 0 aliphatic carbocycles. The van der Waals surface area contributed by atoms with Crippen molar-refractivity contribution in [3.05, 3.63) is 210 Å². The second kappa shape index (κ2) is 11.5. The Morgan fingerprint density at radius 1 is 0.489 bits per heavy atom. The Morgan fingerprint density at radius 2 is 1.11 bits per heavy atom. The zero-order chi connectivity index (χ0) is 31.8. The smallest absolute Gasteiger partial charge is 0.0874 e. The molecule has 3 nitrogen and oxygen atoms in total. The molecule has 0 radical (unpaired) electrons. The molecule has 5 aromatic carbocycles. The lowest BCUT2D eigenvalue weighted by atomic mass is 9.67. The first-order valence-electron chi connectivity index (χ1n) is 16.2. The Balaban J connectivity index is 1.41. The SMILES string of the molecule is CC1(C)c2ccccc2N(c2cccc(C(c3ccccc3)(c3ccccc3)c3ccccn3)c2)c2cc(-c3ccccn3)ccc21. The van der Waals surface area contributed by atoms with E-state index in [0.29, 0.717) is 0 Å². The molecule has 2 aromatic heterocycles. The van der Waals surface area contributed by atoms with Gasteiger partial charge in [0.2, 0.25) is 0 Å². The number of fused-ring (bicyclic) bond motifs is 2. The van der Waals surface area contributed by atoms with E-state index in [1.165, 1.54) is 27.9 Å². The fourth-order valence-electron chi connectivity index (χ4n) is 7.47. The van der Waals surface area contributed by atoms with Crippen molar-refractivity contribution in [2.45, 2.75) is 24.7 Å². The van der Waals surface area contributed by atoms with Crippen molar-refractivity contribution >= 4 is 17.1 Å². The minimum atomic E-state index is -0.646. The van der Waals surface area contributed by atoms with Gasteiger partial charge in [-0.25, -0.2) is 0 Å². The summed E-state index contributed by atoms with van der Waals surface area (Å²) in [6.45, 7) is 4.66. The maximum atomic E-state index is 5.04. The third-order valence-corrected chi connectivity index (χ3v) is 9.69. The second-order valence-electron chi connectivity index (χ2n) is 12.7. The van der Waals surface area contributed by atoms with Gasteiger partial charge >= 0.3 is 0 Å². The van der Waals surface area contributed by atoms with E-state index in [9.17, 15) is 0 Å². The van der Waals surface area contributed by atoms with E-state index in [-0.39, 0.29) is 5.41 Å². The minimum absolute atomic E-state index is 0.186. The molecular weight excluding hydrogens is 571 g/mol. The molecule has 1 aliphatic heterocycles. The first-order chi connectivity index (χ1) is 23.1. The molecule has 7 aromatic rings. The van der Waals surface area contributed by atoms with E-state index in [4.69, 9.17) is 9.97 Å². The van der Waals surface area contributed by atoms with Gasteiger partial charge in [0.15, 0.2) is 0 Å². The van der Waals surface area contributed by atoms with Crippen LogP contribution in [0.2, 0.25) is 0 Å². The molecule has 0 saturated carbocycles. The topological polar surface area (TPSA) is 29.0 Å². The first-order valence-corrected chi connectivity index (χ1v) is 16.2. The molecule has 3 heterocycles. The number of aromatic nitrogens is 2. The summed E-state index contributed by atoms with van der Waals surface area (Å²) in [6.07, 6.45) is 3.76. The Kier molecular flexibility index (Phi) is 7.03. The number of hydrogen-bond donors (Lipinski definition) is 0. The number of hydrogen-bond acceptors (Lipinski definition) is 3. The van der Waals surface area contributed by atoms with Crippen molar-refractivity contribution < 1.29 is 0 Å². The van der Waals surface area contributed by atoms with Crippen molar-refractivity contribution in [2.24, 2.45) is 0 Å². The van der Waals surface area contributed by atoms with Crippen LogP contribution in [0.3, 0.4) is 0 Å². The van der Waals surface area contributed by atoms with Crippen LogP contribution in [0.5, 0.6) is 0 Å². The molecule has 0 N–H and O–H groups in total. The quantitative estimate of drug-likeness (QED) is 0.177. The Hall–Kier alpha value is -5.80. The number of para-hydroxylation sites is 1. The summed E-state index contributed by atoms with van der Waals surface area (Å²) >= 11 is 0. The lowest BCUT2D eigenvalue weighted by Crippen LogP contribution is -2.33. The molecule has 47 heavy (non-hydrogen) atoms. The summed E-state index contributed by atoms with van der Waals surface area (Å²) < 4.78 is 0. The van der Waals surface area contributed by atoms with Gasteiger partial charge in [0, 0.05) is 29.1 Å². The zero-order valence-corrected chi connectivity index (χ0v) is 26.6. The Bertz CT molecular complexity index is 2060. The van der Waals surface area contributed by atoms with Crippen molar-refractivity contribution in [1.82, 2.24) is 9.97 Å². The highest BCUT2D eigenvalue weighted by atomic mass is 15.2. The number of anilines is 3. The molecule has 1 aliphatic rings. The van der Waals surface area contributed by atoms with Gasteiger partial charge in [-0.2, -0.15) is 0 Å². The normalized spacial score (nSPS) is 13.4. The molecule has 8 rings (SSSR count). The molecule has 0 fully saturated rings. The van der Waals surface area contributed by atoms with Crippen molar-refractivity contribution in [3.63, 3.8) is 0 Å². The van der Waals surface area contributed by atoms with E-state index in [2.05, 4.69) is 164 Å². The van der Waals surface area contributed by atoms with Crippen LogP contribution in [0.15, 0.2) is 176 Å². The van der Waals surface area contributed by atoms with E-state index >= 15 is 0 Å². The van der Waals surface area contributed by atoms with E-state index in [1.807, 2.05) is 30.6 Å². The zero-order valence-electron chi connectivity index (χ0n) is 26.6. The minimum Gasteiger partial charge on any atom is -0.310 e. The number of rotatable bonds is 6. The Morgan fingerprint density at radius 3 is 1.79 bits per heavy atom. The Labute approximate surface area is 276 Å². The fourth-order valence-corrected chi connectivity index (χ4v) is 7.47. The van der Waals surface area contributed by atoms with Gasteiger partial charge in [-0.05, 0) is 76.3 Å². The van der Waals surface area contributed by atoms with Crippen LogP contribution < -0.4 is 4.90 Å². The number of nitrogens with zero attached hydrogens (tertiary/aromatic N) is 3. The summed E-state index contributed by atoms with van der Waals surface area (Å²) in [6, 6.07) is 58.5. The molecule has 226 valence electrons. The predicted molar refractivity (Wildman–Crippen MR) is 193 cm³/mol. The van der Waals surface area contributed by atoms with Gasteiger partial charge in [0.05, 0.1) is 28.2 Å². The maximum absolute atomic E-state index is 5.04. The first kappa shape index (κ1) is 28.7. The van der Waals surface area contributed by atoms with Crippen LogP contribution in [0.1, 0.15) is 47.4 Å². The maximum Gasteiger partial charge on any atom is 0.0874 e. The van der Waals surface area contributed by atoms with Crippen molar-refractivity contribution in [3.8, 4) is 11.3 Å². The summed E-state index contributed by atoms with van der Waals surface area (Å²) in [5.74, 6) is 0. The molecule has 0 unspecified atom stereocenters. The van der Waals surface area contributed by atoms with Gasteiger partial charge in [0.1, 0.15) is 0 Å². The highest BCUT2D eigenvalue weighted by Crippen LogP contribution is 2.53. The third-order valence-electron chi connectivity index (χ3n) is 9.69. The summed E-state index contributed by atoms with van der Waals surface area (Å²) in [5.41, 5.74) is 11.7. The van der Waals surface area contributed by atoms with Gasteiger partial charge in [-0.1, -0.05) is 129 Å². The monoisotopic (exact) mass is 605 g/mol. The van der Waals surface area contributed by atoms with Gasteiger partial charge in [-0.3, -0.25) is 9.97 Å². The molecule has 0 bridgehead atoms. The van der Waals surface area contributed by atoms with Crippen LogP contribution in [0.4, 0.5) is 17.1 Å². The summed E-state index contributed by atoms with van der Waals surface area (Å²) in [5, 5.41) is 0. The van der Waals surface area contributed by atoms with Crippen LogP contribution in [-0.2, 0) is 10.8 Å². The van der Waals surface area contributed by atoms with Crippen molar-refractivity contribution in [1.29, 1.82) is 0 Å². The van der Waals surface area contributed by atoms with Gasteiger partial charge < -0.3 is 4.90 Å². The fraction of sp³-hybridized carbons (Fsp3) is 0.0909. The average molecular weight is 606 g/mol. The lowest BCUT2D eigenvalue weighted by Gasteiger charge is -2.43. The largest absolute Gasteiger partial charge is 0.310 e. The standard InChI is InChI=1S/C44H35N3/c1-43(2)37-22-9-10-24-40(37)47(41-30-32(26-27-38(41)43)39-23-11-13-28-45-39)36-21-15-20-35(31-36)44(33-16-5-3-6-17-33,34-18-7-4-8-19-34)42-25-12-14-29-46-42/h3-31H,1-2H3. The highest BCUT2D eigenvalue weighted by Gasteiger charge is 2.41. The van der Waals surface area contributed by atoms with Crippen LogP contribution >= 0.6 is 0 Å².